The summed E-state index contributed by atoms with van der Waals surface area (Å²) < 4.78 is 28.2. The number of carbonyl (C=O) groups excluding carboxylic acids is 1. The summed E-state index contributed by atoms with van der Waals surface area (Å²) in [4.78, 5) is 11.6. The monoisotopic (exact) mass is 270 g/mol. The molecule has 0 bridgehead atoms. The van der Waals surface area contributed by atoms with E-state index in [2.05, 4.69) is 4.74 Å². The summed E-state index contributed by atoms with van der Waals surface area (Å²) in [6, 6.07) is 4.68. The van der Waals surface area contributed by atoms with E-state index in [0.717, 1.165) is 18.2 Å². The van der Waals surface area contributed by atoms with Gasteiger partial charge in [0.25, 0.3) is 0 Å². The fourth-order valence-electron chi connectivity index (χ4n) is 1.73. The Kier molecular flexibility index (Phi) is 4.51. The molecule has 5 heteroatoms. The van der Waals surface area contributed by atoms with Gasteiger partial charge in [-0.2, -0.15) is 0 Å². The van der Waals surface area contributed by atoms with Crippen molar-refractivity contribution in [3.05, 3.63) is 29.3 Å². The van der Waals surface area contributed by atoms with Gasteiger partial charge < -0.3 is 4.74 Å². The Morgan fingerprint density at radius 1 is 1.39 bits per heavy atom. The normalized spacial score (nSPS) is 13.1. The maximum absolute atomic E-state index is 11.8. The Balaban J connectivity index is 3.44. The molecule has 1 rings (SSSR count). The smallest absolute Gasteiger partial charge is 0.337 e. The van der Waals surface area contributed by atoms with Gasteiger partial charge in [0.05, 0.1) is 17.6 Å². The molecule has 1 aromatic rings. The summed E-state index contributed by atoms with van der Waals surface area (Å²) >= 11 is 0. The van der Waals surface area contributed by atoms with E-state index in [4.69, 9.17) is 0 Å². The number of benzene rings is 1. The zero-order valence-electron chi connectivity index (χ0n) is 11.1. The van der Waals surface area contributed by atoms with Crippen LogP contribution in [0.25, 0.3) is 0 Å². The average Bonchev–Trinajstić information content (AvgIpc) is 2.35. The van der Waals surface area contributed by atoms with Gasteiger partial charge in [0.15, 0.2) is 9.84 Å². The quantitative estimate of drug-likeness (QED) is 0.788. The molecule has 1 unspecified atom stereocenters. The van der Waals surface area contributed by atoms with Gasteiger partial charge in [-0.15, -0.1) is 0 Å². The molecule has 18 heavy (non-hydrogen) atoms. The van der Waals surface area contributed by atoms with Crippen LogP contribution in [0, 0.1) is 0 Å². The highest BCUT2D eigenvalue weighted by Gasteiger charge is 2.19. The Hall–Kier alpha value is -1.36. The van der Waals surface area contributed by atoms with Crippen LogP contribution in [0.2, 0.25) is 0 Å². The summed E-state index contributed by atoms with van der Waals surface area (Å²) in [5.74, 6) is -0.406. The number of hydrogen-bond acceptors (Lipinski definition) is 4. The van der Waals surface area contributed by atoms with Crippen LogP contribution in [-0.4, -0.2) is 27.8 Å². The molecule has 0 amide bonds. The molecule has 0 saturated carbocycles. The van der Waals surface area contributed by atoms with E-state index in [1.54, 1.807) is 12.1 Å². The molecular weight excluding hydrogens is 252 g/mol. The van der Waals surface area contributed by atoms with Crippen LogP contribution in [0.15, 0.2) is 23.1 Å². The Bertz CT molecular complexity index is 546. The van der Waals surface area contributed by atoms with Crippen molar-refractivity contribution >= 4 is 15.8 Å². The van der Waals surface area contributed by atoms with Gasteiger partial charge >= 0.3 is 5.97 Å². The lowest BCUT2D eigenvalue weighted by molar-refractivity contribution is 0.0600. The summed E-state index contributed by atoms with van der Waals surface area (Å²) in [6.07, 6.45) is 1.98. The largest absolute Gasteiger partial charge is 0.465 e. The highest BCUT2D eigenvalue weighted by atomic mass is 32.2. The molecule has 0 aliphatic rings. The first-order valence-corrected chi connectivity index (χ1v) is 7.62. The van der Waals surface area contributed by atoms with Gasteiger partial charge in [-0.05, 0) is 30.0 Å². The number of methoxy groups -OCH3 is 1. The van der Waals surface area contributed by atoms with Gasteiger partial charge in [-0.3, -0.25) is 0 Å². The summed E-state index contributed by atoms with van der Waals surface area (Å²) in [6.45, 7) is 3.95. The molecule has 0 aliphatic carbocycles. The van der Waals surface area contributed by atoms with Crippen LogP contribution in [0.1, 0.15) is 42.1 Å². The number of hydrogen-bond donors (Lipinski definition) is 0. The fraction of sp³-hybridized carbons (Fsp3) is 0.462. The molecule has 1 atom stereocenters. The topological polar surface area (TPSA) is 60.4 Å². The average molecular weight is 270 g/mol. The van der Waals surface area contributed by atoms with E-state index in [-0.39, 0.29) is 16.4 Å². The Morgan fingerprint density at radius 2 is 2.00 bits per heavy atom. The molecule has 0 heterocycles. The summed E-state index contributed by atoms with van der Waals surface area (Å²) in [5.41, 5.74) is 0.998. The van der Waals surface area contributed by atoms with Crippen LogP contribution < -0.4 is 0 Å². The summed E-state index contributed by atoms with van der Waals surface area (Å²) in [5, 5.41) is 0. The fourth-order valence-corrected chi connectivity index (χ4v) is 2.77. The standard InChI is InChI=1S/C13H18O4S/c1-5-9(2)11-7-6-10(13(14)17-3)8-12(11)18(4,15)16/h6-9H,5H2,1-4H3. The predicted octanol–water partition coefficient (Wildman–Crippen LogP) is 2.39. The maximum Gasteiger partial charge on any atom is 0.337 e. The van der Waals surface area contributed by atoms with Crippen LogP contribution >= 0.6 is 0 Å². The summed E-state index contributed by atoms with van der Waals surface area (Å²) in [7, 11) is -2.09. The minimum absolute atomic E-state index is 0.126. The highest BCUT2D eigenvalue weighted by Crippen LogP contribution is 2.27. The SMILES string of the molecule is CCC(C)c1ccc(C(=O)OC)cc1S(C)(=O)=O. The van der Waals surface area contributed by atoms with E-state index in [1.807, 2.05) is 13.8 Å². The molecule has 100 valence electrons. The molecule has 0 aliphatic heterocycles. The molecule has 0 aromatic heterocycles. The molecule has 4 nitrogen and oxygen atoms in total. The first-order chi connectivity index (χ1) is 8.31. The van der Waals surface area contributed by atoms with Crippen LogP contribution in [0.3, 0.4) is 0 Å². The molecule has 0 spiro atoms. The van der Waals surface area contributed by atoms with Crippen LogP contribution in [-0.2, 0) is 14.6 Å². The molecular formula is C13H18O4S. The van der Waals surface area contributed by atoms with Gasteiger partial charge in [-0.25, -0.2) is 13.2 Å². The van der Waals surface area contributed by atoms with Crippen molar-refractivity contribution in [3.63, 3.8) is 0 Å². The minimum atomic E-state index is -3.36. The third kappa shape index (κ3) is 3.10. The zero-order valence-corrected chi connectivity index (χ0v) is 11.9. The minimum Gasteiger partial charge on any atom is -0.465 e. The lowest BCUT2D eigenvalue weighted by Crippen LogP contribution is -2.09. The molecule has 0 radical (unpaired) electrons. The zero-order chi connectivity index (χ0) is 13.9. The van der Waals surface area contributed by atoms with Crippen molar-refractivity contribution < 1.29 is 17.9 Å². The molecule has 0 saturated heterocycles. The number of ether oxygens (including phenoxy) is 1. The van der Waals surface area contributed by atoms with Gasteiger partial charge in [-0.1, -0.05) is 19.9 Å². The van der Waals surface area contributed by atoms with Crippen molar-refractivity contribution in [2.45, 2.75) is 31.1 Å². The number of carbonyl (C=O) groups is 1. The van der Waals surface area contributed by atoms with E-state index in [0.29, 0.717) is 0 Å². The lowest BCUT2D eigenvalue weighted by Gasteiger charge is -2.14. The van der Waals surface area contributed by atoms with Crippen LogP contribution in [0.4, 0.5) is 0 Å². The molecule has 1 aromatic carbocycles. The molecule has 0 N–H and O–H groups in total. The number of rotatable bonds is 4. The van der Waals surface area contributed by atoms with Gasteiger partial charge in [0.1, 0.15) is 0 Å². The second-order valence-electron chi connectivity index (χ2n) is 4.33. The van der Waals surface area contributed by atoms with E-state index < -0.39 is 15.8 Å². The predicted molar refractivity (Wildman–Crippen MR) is 69.6 cm³/mol. The maximum atomic E-state index is 11.8. The lowest BCUT2D eigenvalue weighted by atomic mass is 9.97. The molecule has 0 fully saturated rings. The first-order valence-electron chi connectivity index (χ1n) is 5.73. The van der Waals surface area contributed by atoms with E-state index in [9.17, 15) is 13.2 Å². The Labute approximate surface area is 108 Å². The third-order valence-corrected chi connectivity index (χ3v) is 4.13. The second-order valence-corrected chi connectivity index (χ2v) is 6.31. The number of sulfone groups is 1. The van der Waals surface area contributed by atoms with E-state index in [1.165, 1.54) is 13.2 Å². The van der Waals surface area contributed by atoms with Crippen molar-refractivity contribution in [1.82, 2.24) is 0 Å². The van der Waals surface area contributed by atoms with Gasteiger partial charge in [0.2, 0.25) is 0 Å². The van der Waals surface area contributed by atoms with Crippen molar-refractivity contribution in [1.29, 1.82) is 0 Å². The van der Waals surface area contributed by atoms with Crippen molar-refractivity contribution in [2.75, 3.05) is 13.4 Å². The van der Waals surface area contributed by atoms with Crippen molar-refractivity contribution in [3.8, 4) is 0 Å². The number of esters is 1. The van der Waals surface area contributed by atoms with E-state index >= 15 is 0 Å². The third-order valence-electron chi connectivity index (χ3n) is 2.98. The second kappa shape index (κ2) is 5.52. The van der Waals surface area contributed by atoms with Crippen molar-refractivity contribution in [2.24, 2.45) is 0 Å². The highest BCUT2D eigenvalue weighted by molar-refractivity contribution is 7.90. The Morgan fingerprint density at radius 3 is 2.44 bits per heavy atom. The van der Waals surface area contributed by atoms with Gasteiger partial charge in [0, 0.05) is 6.26 Å². The van der Waals surface area contributed by atoms with Crippen LogP contribution in [0.5, 0.6) is 0 Å². The first kappa shape index (κ1) is 14.7.